The highest BCUT2D eigenvalue weighted by molar-refractivity contribution is 6.30. The summed E-state index contributed by atoms with van der Waals surface area (Å²) in [7, 11) is 0. The van der Waals surface area contributed by atoms with Crippen molar-refractivity contribution in [3.05, 3.63) is 47.2 Å². The fraction of sp³-hybridized carbons (Fsp3) is 0.0769. The third-order valence-corrected chi connectivity index (χ3v) is 2.98. The standard InChI is InChI=1S/C13H11ClN4/c1-8-5-10(7-15-8)13-12(16-18-17-13)9-3-2-4-11(14)6-9/h2-7,15H,1H3,(H,16,17,18). The molecule has 1 aromatic carbocycles. The van der Waals surface area contributed by atoms with Crippen LogP contribution in [0.3, 0.4) is 0 Å². The van der Waals surface area contributed by atoms with E-state index in [-0.39, 0.29) is 0 Å². The van der Waals surface area contributed by atoms with Gasteiger partial charge in [-0.3, -0.25) is 0 Å². The summed E-state index contributed by atoms with van der Waals surface area (Å²) in [4.78, 5) is 3.14. The number of benzene rings is 1. The number of hydrogen-bond acceptors (Lipinski definition) is 2. The minimum absolute atomic E-state index is 0.687. The lowest BCUT2D eigenvalue weighted by atomic mass is 10.1. The van der Waals surface area contributed by atoms with Crippen LogP contribution >= 0.6 is 11.6 Å². The Morgan fingerprint density at radius 2 is 1.83 bits per heavy atom. The number of nitrogens with zero attached hydrogens (tertiary/aromatic N) is 2. The molecule has 0 spiro atoms. The maximum Gasteiger partial charge on any atom is 0.122 e. The van der Waals surface area contributed by atoms with Crippen LogP contribution in [0.15, 0.2) is 36.5 Å². The maximum atomic E-state index is 6.00. The van der Waals surface area contributed by atoms with Crippen molar-refractivity contribution in [1.29, 1.82) is 0 Å². The Hall–Kier alpha value is -2.07. The van der Waals surface area contributed by atoms with E-state index in [9.17, 15) is 0 Å². The molecule has 0 aliphatic rings. The van der Waals surface area contributed by atoms with E-state index in [1.54, 1.807) is 0 Å². The summed E-state index contributed by atoms with van der Waals surface area (Å²) < 4.78 is 0. The summed E-state index contributed by atoms with van der Waals surface area (Å²) in [6.45, 7) is 2.00. The third kappa shape index (κ3) is 1.91. The maximum absolute atomic E-state index is 6.00. The molecule has 18 heavy (non-hydrogen) atoms. The van der Waals surface area contributed by atoms with E-state index in [1.165, 1.54) is 0 Å². The number of nitrogens with one attached hydrogen (secondary N) is 2. The van der Waals surface area contributed by atoms with Gasteiger partial charge in [0.15, 0.2) is 0 Å². The largest absolute Gasteiger partial charge is 0.365 e. The van der Waals surface area contributed by atoms with E-state index >= 15 is 0 Å². The zero-order chi connectivity index (χ0) is 12.5. The quantitative estimate of drug-likeness (QED) is 0.740. The van der Waals surface area contributed by atoms with Crippen LogP contribution in [0.4, 0.5) is 0 Å². The normalized spacial score (nSPS) is 10.8. The first kappa shape index (κ1) is 11.0. The first-order chi connectivity index (χ1) is 8.74. The van der Waals surface area contributed by atoms with Gasteiger partial charge in [-0.05, 0) is 25.1 Å². The summed E-state index contributed by atoms with van der Waals surface area (Å²) in [5, 5.41) is 11.8. The second-order valence-corrected chi connectivity index (χ2v) is 4.54. The van der Waals surface area contributed by atoms with Gasteiger partial charge in [0.1, 0.15) is 11.4 Å². The number of aromatic nitrogens is 4. The average Bonchev–Trinajstić information content (AvgIpc) is 2.96. The Kier molecular flexibility index (Phi) is 2.64. The molecule has 0 aliphatic carbocycles. The van der Waals surface area contributed by atoms with Crippen LogP contribution in [0.5, 0.6) is 0 Å². The number of aryl methyl sites for hydroxylation is 1. The first-order valence-electron chi connectivity index (χ1n) is 5.56. The van der Waals surface area contributed by atoms with Gasteiger partial charge in [0.2, 0.25) is 0 Å². The molecule has 2 aromatic heterocycles. The van der Waals surface area contributed by atoms with E-state index in [1.807, 2.05) is 43.5 Å². The molecule has 0 bridgehead atoms. The summed E-state index contributed by atoms with van der Waals surface area (Å²) in [6, 6.07) is 9.62. The molecule has 0 saturated carbocycles. The predicted molar refractivity (Wildman–Crippen MR) is 71.4 cm³/mol. The van der Waals surface area contributed by atoms with E-state index in [0.717, 1.165) is 28.2 Å². The van der Waals surface area contributed by atoms with Crippen LogP contribution in [0.1, 0.15) is 5.69 Å². The lowest BCUT2D eigenvalue weighted by Crippen LogP contribution is -1.82. The lowest BCUT2D eigenvalue weighted by molar-refractivity contribution is 0.944. The molecule has 3 aromatic rings. The molecule has 90 valence electrons. The summed E-state index contributed by atoms with van der Waals surface area (Å²) in [5.74, 6) is 0. The average molecular weight is 259 g/mol. The fourth-order valence-electron chi connectivity index (χ4n) is 1.91. The van der Waals surface area contributed by atoms with Gasteiger partial charge in [0, 0.05) is 28.0 Å². The molecule has 0 radical (unpaired) electrons. The van der Waals surface area contributed by atoms with Gasteiger partial charge >= 0.3 is 0 Å². The molecular weight excluding hydrogens is 248 g/mol. The van der Waals surface area contributed by atoms with Crippen LogP contribution in [0.25, 0.3) is 22.5 Å². The molecule has 4 nitrogen and oxygen atoms in total. The number of aromatic amines is 2. The van der Waals surface area contributed by atoms with Crippen LogP contribution in [-0.2, 0) is 0 Å². The highest BCUT2D eigenvalue weighted by Crippen LogP contribution is 2.29. The molecule has 5 heteroatoms. The highest BCUT2D eigenvalue weighted by atomic mass is 35.5. The molecule has 0 unspecified atom stereocenters. The van der Waals surface area contributed by atoms with Crippen LogP contribution in [0, 0.1) is 6.92 Å². The summed E-state index contributed by atoms with van der Waals surface area (Å²) in [6.07, 6.45) is 1.92. The van der Waals surface area contributed by atoms with Crippen molar-refractivity contribution in [3.63, 3.8) is 0 Å². The van der Waals surface area contributed by atoms with Gasteiger partial charge < -0.3 is 4.98 Å². The molecule has 0 saturated heterocycles. The zero-order valence-corrected chi connectivity index (χ0v) is 10.5. The fourth-order valence-corrected chi connectivity index (χ4v) is 2.10. The second-order valence-electron chi connectivity index (χ2n) is 4.10. The van der Waals surface area contributed by atoms with E-state index < -0.39 is 0 Å². The van der Waals surface area contributed by atoms with Crippen molar-refractivity contribution < 1.29 is 0 Å². The van der Waals surface area contributed by atoms with E-state index in [0.29, 0.717) is 5.02 Å². The minimum Gasteiger partial charge on any atom is -0.365 e. The van der Waals surface area contributed by atoms with Gasteiger partial charge in [-0.1, -0.05) is 23.7 Å². The van der Waals surface area contributed by atoms with E-state index in [4.69, 9.17) is 11.6 Å². The SMILES string of the molecule is Cc1cc(-c2n[nH]nc2-c2cccc(Cl)c2)c[nH]1. The van der Waals surface area contributed by atoms with Crippen molar-refractivity contribution in [3.8, 4) is 22.5 Å². The molecule has 3 rings (SSSR count). The van der Waals surface area contributed by atoms with Gasteiger partial charge in [-0.15, -0.1) is 0 Å². The lowest BCUT2D eigenvalue weighted by Gasteiger charge is -1.99. The Bertz CT molecular complexity index is 684. The zero-order valence-electron chi connectivity index (χ0n) is 9.74. The number of halogens is 1. The minimum atomic E-state index is 0.687. The molecular formula is C13H11ClN4. The van der Waals surface area contributed by atoms with Gasteiger partial charge in [0.05, 0.1) is 0 Å². The Labute approximate surface area is 109 Å². The Balaban J connectivity index is 2.12. The first-order valence-corrected chi connectivity index (χ1v) is 5.94. The van der Waals surface area contributed by atoms with Crippen LogP contribution in [-0.4, -0.2) is 20.4 Å². The summed E-state index contributed by atoms with van der Waals surface area (Å²) >= 11 is 6.00. The molecule has 2 heterocycles. The number of hydrogen-bond donors (Lipinski definition) is 2. The monoisotopic (exact) mass is 258 g/mol. The smallest absolute Gasteiger partial charge is 0.122 e. The Morgan fingerprint density at radius 3 is 2.50 bits per heavy atom. The molecule has 0 atom stereocenters. The van der Waals surface area contributed by atoms with Gasteiger partial charge in [0.25, 0.3) is 0 Å². The van der Waals surface area contributed by atoms with Gasteiger partial charge in [-0.2, -0.15) is 15.4 Å². The molecule has 0 aliphatic heterocycles. The molecule has 2 N–H and O–H groups in total. The molecule has 0 fully saturated rings. The second kappa shape index (κ2) is 4.31. The van der Waals surface area contributed by atoms with Crippen LogP contribution < -0.4 is 0 Å². The van der Waals surface area contributed by atoms with Crippen molar-refractivity contribution in [2.45, 2.75) is 6.92 Å². The van der Waals surface area contributed by atoms with Crippen LogP contribution in [0.2, 0.25) is 5.02 Å². The third-order valence-electron chi connectivity index (χ3n) is 2.75. The van der Waals surface area contributed by atoms with Gasteiger partial charge in [-0.25, -0.2) is 0 Å². The molecule has 0 amide bonds. The summed E-state index contributed by atoms with van der Waals surface area (Å²) in [5.41, 5.74) is 4.67. The van der Waals surface area contributed by atoms with Crippen molar-refractivity contribution >= 4 is 11.6 Å². The topological polar surface area (TPSA) is 57.4 Å². The van der Waals surface area contributed by atoms with Crippen molar-refractivity contribution in [2.75, 3.05) is 0 Å². The predicted octanol–water partition coefficient (Wildman–Crippen LogP) is 3.43. The highest BCUT2D eigenvalue weighted by Gasteiger charge is 2.13. The van der Waals surface area contributed by atoms with E-state index in [2.05, 4.69) is 20.4 Å². The number of rotatable bonds is 2. The van der Waals surface area contributed by atoms with Crippen molar-refractivity contribution in [2.24, 2.45) is 0 Å². The number of H-pyrrole nitrogens is 2. The Morgan fingerprint density at radius 1 is 1.06 bits per heavy atom. The van der Waals surface area contributed by atoms with Crippen molar-refractivity contribution in [1.82, 2.24) is 20.4 Å².